The lowest BCUT2D eigenvalue weighted by Crippen LogP contribution is -2.41. The molecule has 5 nitrogen and oxygen atoms in total. The van der Waals surface area contributed by atoms with Gasteiger partial charge in [0.05, 0.1) is 0 Å². The van der Waals surface area contributed by atoms with Crippen molar-refractivity contribution in [2.45, 2.75) is 51.0 Å². The summed E-state index contributed by atoms with van der Waals surface area (Å²) in [4.78, 5) is 19.5. The summed E-state index contributed by atoms with van der Waals surface area (Å²) in [6, 6.07) is 7.28. The van der Waals surface area contributed by atoms with Crippen LogP contribution in [0.5, 0.6) is 0 Å². The van der Waals surface area contributed by atoms with Crippen LogP contribution in [0.3, 0.4) is 0 Å². The Kier molecular flexibility index (Phi) is 4.75. The zero-order chi connectivity index (χ0) is 17.2. The molecule has 0 spiro atoms. The summed E-state index contributed by atoms with van der Waals surface area (Å²) in [6.07, 6.45) is 7.38. The lowest BCUT2D eigenvalue weighted by Gasteiger charge is -2.35. The van der Waals surface area contributed by atoms with Gasteiger partial charge in [-0.1, -0.05) is 29.6 Å². The van der Waals surface area contributed by atoms with Crippen LogP contribution in [0, 0.1) is 5.92 Å². The summed E-state index contributed by atoms with van der Waals surface area (Å²) in [6.45, 7) is 0.790. The lowest BCUT2D eigenvalue weighted by molar-refractivity contribution is -0.140. The van der Waals surface area contributed by atoms with Gasteiger partial charge in [-0.3, -0.25) is 4.79 Å². The van der Waals surface area contributed by atoms with Crippen molar-refractivity contribution in [3.63, 3.8) is 0 Å². The van der Waals surface area contributed by atoms with Crippen LogP contribution in [0.2, 0.25) is 5.02 Å². The van der Waals surface area contributed by atoms with Gasteiger partial charge in [0, 0.05) is 23.0 Å². The van der Waals surface area contributed by atoms with Crippen molar-refractivity contribution in [3.05, 3.63) is 35.2 Å². The number of carbonyl (C=O) groups is 1. The summed E-state index contributed by atoms with van der Waals surface area (Å²) >= 11 is 5.93. The van der Waals surface area contributed by atoms with Crippen LogP contribution in [-0.2, 0) is 4.79 Å². The number of hydrogen-bond acceptors (Lipinski definition) is 4. The summed E-state index contributed by atoms with van der Waals surface area (Å²) in [5, 5.41) is 4.79. The Morgan fingerprint density at radius 2 is 1.80 bits per heavy atom. The van der Waals surface area contributed by atoms with Gasteiger partial charge in [0.15, 0.2) is 0 Å². The molecule has 1 unspecified atom stereocenters. The number of halogens is 1. The molecule has 1 aromatic heterocycles. The molecule has 2 aliphatic rings. The highest BCUT2D eigenvalue weighted by atomic mass is 35.5. The molecule has 1 aromatic carbocycles. The Balaban J connectivity index is 1.56. The molecule has 0 N–H and O–H groups in total. The van der Waals surface area contributed by atoms with E-state index in [9.17, 15) is 4.79 Å². The van der Waals surface area contributed by atoms with Gasteiger partial charge in [0.25, 0.3) is 0 Å². The predicted octanol–water partition coefficient (Wildman–Crippen LogP) is 4.63. The van der Waals surface area contributed by atoms with Gasteiger partial charge in [-0.05, 0) is 56.4 Å². The highest BCUT2D eigenvalue weighted by molar-refractivity contribution is 6.30. The second kappa shape index (κ2) is 7.16. The summed E-state index contributed by atoms with van der Waals surface area (Å²) in [5.74, 6) is 1.55. The van der Waals surface area contributed by atoms with E-state index in [0.717, 1.165) is 57.1 Å². The van der Waals surface area contributed by atoms with E-state index < -0.39 is 0 Å². The highest BCUT2D eigenvalue weighted by Gasteiger charge is 2.36. The van der Waals surface area contributed by atoms with E-state index in [1.54, 1.807) is 0 Å². The molecule has 1 saturated carbocycles. The Bertz CT molecular complexity index is 737. The van der Waals surface area contributed by atoms with Crippen molar-refractivity contribution in [1.29, 1.82) is 0 Å². The SMILES string of the molecule is O=C(C1CCCC1)N1CCCCC1c1nc(-c2ccc(Cl)cc2)no1. The van der Waals surface area contributed by atoms with E-state index >= 15 is 0 Å². The minimum atomic E-state index is -0.0876. The van der Waals surface area contributed by atoms with Crippen molar-refractivity contribution >= 4 is 17.5 Å². The zero-order valence-corrected chi connectivity index (χ0v) is 14.9. The van der Waals surface area contributed by atoms with Crippen molar-refractivity contribution < 1.29 is 9.32 Å². The van der Waals surface area contributed by atoms with Crippen molar-refractivity contribution in [2.24, 2.45) is 5.92 Å². The molecule has 1 saturated heterocycles. The number of rotatable bonds is 3. The molecule has 132 valence electrons. The molecule has 2 fully saturated rings. The zero-order valence-electron chi connectivity index (χ0n) is 14.2. The van der Waals surface area contributed by atoms with E-state index in [-0.39, 0.29) is 17.9 Å². The normalized spacial score (nSPS) is 21.6. The molecule has 4 rings (SSSR count). The number of carbonyl (C=O) groups excluding carboxylic acids is 1. The predicted molar refractivity (Wildman–Crippen MR) is 95.0 cm³/mol. The van der Waals surface area contributed by atoms with Crippen LogP contribution in [0.15, 0.2) is 28.8 Å². The second-order valence-electron chi connectivity index (χ2n) is 6.99. The van der Waals surface area contributed by atoms with Crippen LogP contribution in [0.4, 0.5) is 0 Å². The maximum atomic E-state index is 12.9. The topological polar surface area (TPSA) is 59.2 Å². The summed E-state index contributed by atoms with van der Waals surface area (Å²) in [7, 11) is 0. The summed E-state index contributed by atoms with van der Waals surface area (Å²) in [5.41, 5.74) is 0.865. The monoisotopic (exact) mass is 359 g/mol. The first kappa shape index (κ1) is 16.6. The number of nitrogens with zero attached hydrogens (tertiary/aromatic N) is 3. The van der Waals surface area contributed by atoms with Crippen molar-refractivity contribution in [2.75, 3.05) is 6.54 Å². The van der Waals surface area contributed by atoms with Gasteiger partial charge in [-0.15, -0.1) is 0 Å². The standard InChI is InChI=1S/C19H22ClN3O2/c20-15-10-8-13(9-11-15)17-21-18(25-22-17)16-7-3-4-12-23(16)19(24)14-5-1-2-6-14/h8-11,14,16H,1-7,12H2. The second-order valence-corrected chi connectivity index (χ2v) is 7.42. The van der Waals surface area contributed by atoms with Crippen LogP contribution in [-0.4, -0.2) is 27.5 Å². The largest absolute Gasteiger partial charge is 0.337 e. The molecule has 2 aromatic rings. The van der Waals surface area contributed by atoms with Gasteiger partial charge in [0.2, 0.25) is 17.6 Å². The van der Waals surface area contributed by atoms with Gasteiger partial charge in [-0.25, -0.2) is 0 Å². The highest BCUT2D eigenvalue weighted by Crippen LogP contribution is 2.35. The number of amides is 1. The van der Waals surface area contributed by atoms with Crippen LogP contribution < -0.4 is 0 Å². The van der Waals surface area contributed by atoms with Crippen molar-refractivity contribution in [1.82, 2.24) is 15.0 Å². The smallest absolute Gasteiger partial charge is 0.249 e. The van der Waals surface area contributed by atoms with Crippen LogP contribution in [0.1, 0.15) is 56.9 Å². The third-order valence-electron chi connectivity index (χ3n) is 5.32. The Morgan fingerprint density at radius 3 is 2.56 bits per heavy atom. The lowest BCUT2D eigenvalue weighted by atomic mass is 9.98. The Labute approximate surface area is 152 Å². The maximum Gasteiger partial charge on any atom is 0.249 e. The average molecular weight is 360 g/mol. The minimum absolute atomic E-state index is 0.0876. The Morgan fingerprint density at radius 1 is 1.08 bits per heavy atom. The van der Waals surface area contributed by atoms with Crippen LogP contribution >= 0.6 is 11.6 Å². The fourth-order valence-electron chi connectivity index (χ4n) is 3.95. The molecule has 1 atom stereocenters. The Hall–Kier alpha value is -1.88. The maximum absolute atomic E-state index is 12.9. The molecule has 6 heteroatoms. The number of likely N-dealkylation sites (tertiary alicyclic amines) is 1. The van der Waals surface area contributed by atoms with E-state index in [0.29, 0.717) is 16.7 Å². The number of aromatic nitrogens is 2. The van der Waals surface area contributed by atoms with E-state index in [1.807, 2.05) is 29.2 Å². The number of piperidine rings is 1. The molecule has 0 bridgehead atoms. The van der Waals surface area contributed by atoms with Gasteiger partial charge in [-0.2, -0.15) is 4.98 Å². The van der Waals surface area contributed by atoms with Gasteiger partial charge in [0.1, 0.15) is 6.04 Å². The fraction of sp³-hybridized carbons (Fsp3) is 0.526. The molecule has 1 aliphatic carbocycles. The first-order valence-corrected chi connectivity index (χ1v) is 9.50. The number of hydrogen-bond donors (Lipinski definition) is 0. The molecular formula is C19H22ClN3O2. The average Bonchev–Trinajstić information content (AvgIpc) is 3.34. The first-order chi connectivity index (χ1) is 12.2. The molecule has 1 amide bonds. The van der Waals surface area contributed by atoms with E-state index in [1.165, 1.54) is 0 Å². The third kappa shape index (κ3) is 3.43. The fourth-order valence-corrected chi connectivity index (χ4v) is 4.07. The minimum Gasteiger partial charge on any atom is -0.337 e. The van der Waals surface area contributed by atoms with Crippen molar-refractivity contribution in [3.8, 4) is 11.4 Å². The van der Waals surface area contributed by atoms with Gasteiger partial charge >= 0.3 is 0 Å². The quantitative estimate of drug-likeness (QED) is 0.801. The summed E-state index contributed by atoms with van der Waals surface area (Å²) < 4.78 is 5.54. The first-order valence-electron chi connectivity index (χ1n) is 9.12. The molecule has 25 heavy (non-hydrogen) atoms. The third-order valence-corrected chi connectivity index (χ3v) is 5.57. The molecule has 0 radical (unpaired) electrons. The van der Waals surface area contributed by atoms with Crippen LogP contribution in [0.25, 0.3) is 11.4 Å². The van der Waals surface area contributed by atoms with Gasteiger partial charge < -0.3 is 9.42 Å². The number of benzene rings is 1. The molecular weight excluding hydrogens is 338 g/mol. The molecule has 1 aliphatic heterocycles. The van der Waals surface area contributed by atoms with E-state index in [4.69, 9.17) is 16.1 Å². The van der Waals surface area contributed by atoms with E-state index in [2.05, 4.69) is 10.1 Å². The molecule has 2 heterocycles.